The van der Waals surface area contributed by atoms with Crippen molar-refractivity contribution in [1.82, 2.24) is 9.78 Å². The minimum Gasteiger partial charge on any atom is -0.492 e. The van der Waals surface area contributed by atoms with Gasteiger partial charge in [0.25, 0.3) is 0 Å². The number of nitrogens with zero attached hydrogens (tertiary/aromatic N) is 2. The summed E-state index contributed by atoms with van der Waals surface area (Å²) in [4.78, 5) is 10.9. The van der Waals surface area contributed by atoms with Crippen molar-refractivity contribution >= 4 is 17.9 Å². The van der Waals surface area contributed by atoms with Gasteiger partial charge in [-0.1, -0.05) is 11.6 Å². The first-order chi connectivity index (χ1) is 8.70. The quantitative estimate of drug-likeness (QED) is 0.780. The average Bonchev–Trinajstić information content (AvgIpc) is 2.77. The summed E-state index contributed by atoms with van der Waals surface area (Å²) in [6, 6.07) is 6.93. The standard InChI is InChI=1S/C13H13ClN2O2/c1-16-12(4-6-15-16)5-7-18-13-3-2-11(14)8-10(13)9-17/h2-4,6,8-9H,5,7H2,1H3. The highest BCUT2D eigenvalue weighted by molar-refractivity contribution is 6.30. The number of ether oxygens (including phenoxy) is 1. The predicted octanol–water partition coefficient (Wildman–Crippen LogP) is 2.51. The van der Waals surface area contributed by atoms with Crippen molar-refractivity contribution in [2.75, 3.05) is 6.61 Å². The molecule has 0 unspecified atom stereocenters. The van der Waals surface area contributed by atoms with Crippen molar-refractivity contribution in [3.63, 3.8) is 0 Å². The van der Waals surface area contributed by atoms with Crippen LogP contribution >= 0.6 is 11.6 Å². The number of aryl methyl sites for hydroxylation is 1. The topological polar surface area (TPSA) is 44.1 Å². The first-order valence-electron chi connectivity index (χ1n) is 5.55. The third-order valence-corrected chi connectivity index (χ3v) is 2.87. The third kappa shape index (κ3) is 2.90. The van der Waals surface area contributed by atoms with E-state index in [9.17, 15) is 4.79 Å². The van der Waals surface area contributed by atoms with Gasteiger partial charge < -0.3 is 4.74 Å². The van der Waals surface area contributed by atoms with E-state index in [1.54, 1.807) is 29.1 Å². The molecule has 18 heavy (non-hydrogen) atoms. The summed E-state index contributed by atoms with van der Waals surface area (Å²) in [5.74, 6) is 0.552. The number of benzene rings is 1. The highest BCUT2D eigenvalue weighted by Gasteiger charge is 2.05. The number of halogens is 1. The Morgan fingerprint density at radius 3 is 2.94 bits per heavy atom. The summed E-state index contributed by atoms with van der Waals surface area (Å²) in [5, 5.41) is 4.60. The van der Waals surface area contributed by atoms with Gasteiger partial charge in [0.05, 0.1) is 12.2 Å². The fraction of sp³-hybridized carbons (Fsp3) is 0.231. The molecule has 0 amide bonds. The van der Waals surface area contributed by atoms with Crippen LogP contribution in [-0.2, 0) is 13.5 Å². The van der Waals surface area contributed by atoms with Crippen molar-refractivity contribution in [3.05, 3.63) is 46.7 Å². The van der Waals surface area contributed by atoms with Gasteiger partial charge in [-0.15, -0.1) is 0 Å². The first kappa shape index (κ1) is 12.6. The lowest BCUT2D eigenvalue weighted by Gasteiger charge is -2.08. The highest BCUT2D eigenvalue weighted by Crippen LogP contribution is 2.21. The second-order valence-electron chi connectivity index (χ2n) is 3.84. The molecule has 0 aliphatic rings. The molecule has 0 aliphatic heterocycles. The molecule has 0 N–H and O–H groups in total. The molecule has 1 aromatic heterocycles. The van der Waals surface area contributed by atoms with Gasteiger partial charge in [0.15, 0.2) is 6.29 Å². The molecule has 2 aromatic rings. The number of carbonyl (C=O) groups is 1. The zero-order valence-electron chi connectivity index (χ0n) is 9.97. The van der Waals surface area contributed by atoms with E-state index in [1.165, 1.54) is 0 Å². The third-order valence-electron chi connectivity index (χ3n) is 2.64. The van der Waals surface area contributed by atoms with E-state index < -0.39 is 0 Å². The Bertz CT molecular complexity index is 552. The molecule has 1 heterocycles. The van der Waals surface area contributed by atoms with Crippen molar-refractivity contribution in [2.24, 2.45) is 7.05 Å². The summed E-state index contributed by atoms with van der Waals surface area (Å²) in [6.07, 6.45) is 3.22. The van der Waals surface area contributed by atoms with Crippen molar-refractivity contribution in [1.29, 1.82) is 0 Å². The molecule has 2 rings (SSSR count). The van der Waals surface area contributed by atoms with E-state index in [0.29, 0.717) is 22.9 Å². The van der Waals surface area contributed by atoms with Crippen LogP contribution in [0.5, 0.6) is 5.75 Å². The summed E-state index contributed by atoms with van der Waals surface area (Å²) >= 11 is 5.81. The van der Waals surface area contributed by atoms with Gasteiger partial charge in [-0.3, -0.25) is 9.48 Å². The van der Waals surface area contributed by atoms with E-state index in [0.717, 1.165) is 18.4 Å². The fourth-order valence-electron chi connectivity index (χ4n) is 1.65. The molecule has 0 atom stereocenters. The van der Waals surface area contributed by atoms with Crippen LogP contribution in [0.1, 0.15) is 16.1 Å². The van der Waals surface area contributed by atoms with Gasteiger partial charge in [0, 0.05) is 30.4 Å². The smallest absolute Gasteiger partial charge is 0.153 e. The molecule has 5 heteroatoms. The highest BCUT2D eigenvalue weighted by atomic mass is 35.5. The number of hydrogen-bond acceptors (Lipinski definition) is 3. The van der Waals surface area contributed by atoms with Gasteiger partial charge in [-0.25, -0.2) is 0 Å². The van der Waals surface area contributed by atoms with Gasteiger partial charge in [0.1, 0.15) is 5.75 Å². The molecular formula is C13H13ClN2O2. The molecule has 0 fully saturated rings. The Kier molecular flexibility index (Phi) is 3.99. The zero-order valence-corrected chi connectivity index (χ0v) is 10.7. The van der Waals surface area contributed by atoms with Crippen LogP contribution in [0.3, 0.4) is 0 Å². The van der Waals surface area contributed by atoms with Gasteiger partial charge in [-0.2, -0.15) is 5.10 Å². The van der Waals surface area contributed by atoms with Crippen LogP contribution in [0.2, 0.25) is 5.02 Å². The Morgan fingerprint density at radius 1 is 1.44 bits per heavy atom. The van der Waals surface area contributed by atoms with Crippen molar-refractivity contribution < 1.29 is 9.53 Å². The average molecular weight is 265 g/mol. The molecule has 94 valence electrons. The van der Waals surface area contributed by atoms with Crippen LogP contribution in [-0.4, -0.2) is 22.7 Å². The number of hydrogen-bond donors (Lipinski definition) is 0. The maximum atomic E-state index is 10.9. The van der Waals surface area contributed by atoms with Crippen LogP contribution in [0.25, 0.3) is 0 Å². The first-order valence-corrected chi connectivity index (χ1v) is 5.93. The maximum absolute atomic E-state index is 10.9. The van der Waals surface area contributed by atoms with Crippen LogP contribution in [0.15, 0.2) is 30.5 Å². The van der Waals surface area contributed by atoms with E-state index in [2.05, 4.69) is 5.10 Å². The fourth-order valence-corrected chi connectivity index (χ4v) is 1.84. The molecule has 0 saturated heterocycles. The zero-order chi connectivity index (χ0) is 13.0. The molecule has 0 radical (unpaired) electrons. The van der Waals surface area contributed by atoms with Gasteiger partial charge in [-0.05, 0) is 24.3 Å². The van der Waals surface area contributed by atoms with E-state index in [1.807, 2.05) is 13.1 Å². The molecule has 0 saturated carbocycles. The molecule has 1 aromatic carbocycles. The Hall–Kier alpha value is -1.81. The monoisotopic (exact) mass is 264 g/mol. The van der Waals surface area contributed by atoms with Gasteiger partial charge >= 0.3 is 0 Å². The van der Waals surface area contributed by atoms with Crippen LogP contribution in [0, 0.1) is 0 Å². The SMILES string of the molecule is Cn1nccc1CCOc1ccc(Cl)cc1C=O. The lowest BCUT2D eigenvalue weighted by molar-refractivity contribution is 0.111. The second-order valence-corrected chi connectivity index (χ2v) is 4.28. The van der Waals surface area contributed by atoms with Crippen molar-refractivity contribution in [2.45, 2.75) is 6.42 Å². The van der Waals surface area contributed by atoms with Crippen molar-refractivity contribution in [3.8, 4) is 5.75 Å². The summed E-state index contributed by atoms with van der Waals surface area (Å²) in [7, 11) is 1.88. The lowest BCUT2D eigenvalue weighted by atomic mass is 10.2. The number of carbonyl (C=O) groups excluding carboxylic acids is 1. The number of aromatic nitrogens is 2. The molecule has 0 bridgehead atoms. The molecular weight excluding hydrogens is 252 g/mol. The van der Waals surface area contributed by atoms with Crippen LogP contribution < -0.4 is 4.74 Å². The number of aldehydes is 1. The number of rotatable bonds is 5. The molecule has 0 spiro atoms. The van der Waals surface area contributed by atoms with Crippen LogP contribution in [0.4, 0.5) is 0 Å². The Labute approximate surface area is 110 Å². The largest absolute Gasteiger partial charge is 0.492 e. The minimum absolute atomic E-state index is 0.465. The summed E-state index contributed by atoms with van der Waals surface area (Å²) < 4.78 is 7.38. The summed E-state index contributed by atoms with van der Waals surface area (Å²) in [5.41, 5.74) is 1.55. The van der Waals surface area contributed by atoms with E-state index in [4.69, 9.17) is 16.3 Å². The van der Waals surface area contributed by atoms with E-state index >= 15 is 0 Å². The second kappa shape index (κ2) is 5.69. The Balaban J connectivity index is 1.98. The lowest BCUT2D eigenvalue weighted by Crippen LogP contribution is -2.07. The molecule has 4 nitrogen and oxygen atoms in total. The van der Waals surface area contributed by atoms with Gasteiger partial charge in [0.2, 0.25) is 0 Å². The normalized spacial score (nSPS) is 10.3. The summed E-state index contributed by atoms with van der Waals surface area (Å²) in [6.45, 7) is 0.488. The predicted molar refractivity (Wildman–Crippen MR) is 69.2 cm³/mol. The maximum Gasteiger partial charge on any atom is 0.153 e. The minimum atomic E-state index is 0.465. The Morgan fingerprint density at radius 2 is 2.28 bits per heavy atom. The molecule has 0 aliphatic carbocycles. The van der Waals surface area contributed by atoms with E-state index in [-0.39, 0.29) is 0 Å².